The van der Waals surface area contributed by atoms with Gasteiger partial charge in [-0.2, -0.15) is 4.68 Å². The van der Waals surface area contributed by atoms with E-state index >= 15 is 0 Å². The number of thioether (sulfide) groups is 1. The van der Waals surface area contributed by atoms with Crippen LogP contribution in [-0.4, -0.2) is 80.3 Å². The largest absolute Gasteiger partial charge is 0.339 e. The molecule has 0 bridgehead atoms. The third kappa shape index (κ3) is 5.93. The molecule has 11 heteroatoms. The van der Waals surface area contributed by atoms with Crippen LogP contribution in [0.1, 0.15) is 5.56 Å². The zero-order valence-corrected chi connectivity index (χ0v) is 19.0. The predicted molar refractivity (Wildman–Crippen MR) is 123 cm³/mol. The minimum absolute atomic E-state index is 0.00903. The molecule has 0 saturated carbocycles. The number of nitrogens with one attached hydrogen (secondary N) is 1. The molecule has 0 spiro atoms. The average molecular weight is 470 g/mol. The maximum Gasteiger partial charge on any atom is 0.238 e. The second-order valence-corrected chi connectivity index (χ2v) is 8.60. The summed E-state index contributed by atoms with van der Waals surface area (Å²) in [5, 5.41) is 15.2. The Kier molecular flexibility index (Phi) is 7.30. The second-order valence-electron chi connectivity index (χ2n) is 7.66. The van der Waals surface area contributed by atoms with Gasteiger partial charge in [0.1, 0.15) is 5.82 Å². The Morgan fingerprint density at radius 2 is 1.79 bits per heavy atom. The summed E-state index contributed by atoms with van der Waals surface area (Å²) in [6.45, 7) is 4.51. The lowest BCUT2D eigenvalue weighted by Crippen LogP contribution is -2.50. The SMILES string of the molecule is Cc1ccccc1-n1nnnc1SCC(=O)N1CCN(CC(=O)Nc2ccc(F)cc2)CC1. The number of benzene rings is 2. The van der Waals surface area contributed by atoms with Crippen molar-refractivity contribution < 1.29 is 14.0 Å². The van der Waals surface area contributed by atoms with E-state index in [0.717, 1.165) is 11.3 Å². The minimum atomic E-state index is -0.348. The molecule has 172 valence electrons. The zero-order valence-electron chi connectivity index (χ0n) is 18.1. The fraction of sp³-hybridized carbons (Fsp3) is 0.318. The monoisotopic (exact) mass is 469 g/mol. The first-order chi connectivity index (χ1) is 16.0. The van der Waals surface area contributed by atoms with Crippen LogP contribution in [-0.2, 0) is 9.59 Å². The number of hydrogen-bond acceptors (Lipinski definition) is 7. The van der Waals surface area contributed by atoms with Crippen LogP contribution >= 0.6 is 11.8 Å². The van der Waals surface area contributed by atoms with Gasteiger partial charge in [-0.15, -0.1) is 5.10 Å². The lowest BCUT2D eigenvalue weighted by Gasteiger charge is -2.34. The number of para-hydroxylation sites is 1. The van der Waals surface area contributed by atoms with Gasteiger partial charge in [0.2, 0.25) is 17.0 Å². The number of hydrogen-bond donors (Lipinski definition) is 1. The second kappa shape index (κ2) is 10.5. The van der Waals surface area contributed by atoms with Crippen LogP contribution in [0.5, 0.6) is 0 Å². The fourth-order valence-corrected chi connectivity index (χ4v) is 4.32. The molecule has 1 aliphatic rings. The van der Waals surface area contributed by atoms with E-state index in [-0.39, 0.29) is 29.9 Å². The summed E-state index contributed by atoms with van der Waals surface area (Å²) in [6.07, 6.45) is 0. The molecule has 1 aromatic heterocycles. The van der Waals surface area contributed by atoms with E-state index in [1.54, 1.807) is 9.58 Å². The normalized spacial score (nSPS) is 14.3. The number of carbonyl (C=O) groups is 2. The number of amides is 2. The number of tetrazole rings is 1. The molecule has 1 N–H and O–H groups in total. The molecule has 0 unspecified atom stereocenters. The van der Waals surface area contributed by atoms with Crippen LogP contribution in [0.15, 0.2) is 53.7 Å². The molecule has 2 aromatic carbocycles. The summed E-state index contributed by atoms with van der Waals surface area (Å²) in [7, 11) is 0. The molecular weight excluding hydrogens is 445 g/mol. The summed E-state index contributed by atoms with van der Waals surface area (Å²) >= 11 is 1.30. The maximum atomic E-state index is 13.0. The lowest BCUT2D eigenvalue weighted by atomic mass is 10.2. The molecule has 2 amide bonds. The Balaban J connectivity index is 1.23. The van der Waals surface area contributed by atoms with Gasteiger partial charge in [-0.25, -0.2) is 4.39 Å². The van der Waals surface area contributed by atoms with E-state index in [0.29, 0.717) is 37.0 Å². The summed E-state index contributed by atoms with van der Waals surface area (Å²) in [5.41, 5.74) is 2.47. The molecule has 9 nitrogen and oxygen atoms in total. The number of carbonyl (C=O) groups excluding carboxylic acids is 2. The predicted octanol–water partition coefficient (Wildman–Crippen LogP) is 1.98. The van der Waals surface area contributed by atoms with Crippen LogP contribution in [0.3, 0.4) is 0 Å². The highest BCUT2D eigenvalue weighted by Crippen LogP contribution is 2.21. The van der Waals surface area contributed by atoms with Gasteiger partial charge in [-0.1, -0.05) is 30.0 Å². The van der Waals surface area contributed by atoms with Crippen molar-refractivity contribution in [2.75, 3.05) is 43.8 Å². The van der Waals surface area contributed by atoms with E-state index in [4.69, 9.17) is 0 Å². The standard InChI is InChI=1S/C22H24FN7O2S/c1-16-4-2-3-5-19(16)30-22(25-26-27-30)33-15-21(32)29-12-10-28(11-13-29)14-20(31)24-18-8-6-17(23)7-9-18/h2-9H,10-15H2,1H3,(H,24,31). The van der Waals surface area contributed by atoms with Crippen LogP contribution in [0, 0.1) is 12.7 Å². The quantitative estimate of drug-likeness (QED) is 0.529. The molecule has 0 aliphatic carbocycles. The molecule has 1 aliphatic heterocycles. The molecule has 3 aromatic rings. The molecule has 2 heterocycles. The third-order valence-electron chi connectivity index (χ3n) is 5.33. The van der Waals surface area contributed by atoms with Crippen molar-refractivity contribution in [1.82, 2.24) is 30.0 Å². The van der Waals surface area contributed by atoms with Gasteiger partial charge >= 0.3 is 0 Å². The minimum Gasteiger partial charge on any atom is -0.339 e. The van der Waals surface area contributed by atoms with Crippen LogP contribution < -0.4 is 5.32 Å². The number of piperazine rings is 1. The highest BCUT2D eigenvalue weighted by atomic mass is 32.2. The van der Waals surface area contributed by atoms with Crippen molar-refractivity contribution in [3.63, 3.8) is 0 Å². The van der Waals surface area contributed by atoms with Gasteiger partial charge in [-0.05, 0) is 53.2 Å². The number of aryl methyl sites for hydroxylation is 1. The van der Waals surface area contributed by atoms with Crippen molar-refractivity contribution in [1.29, 1.82) is 0 Å². The number of rotatable bonds is 7. The number of nitrogens with zero attached hydrogens (tertiary/aromatic N) is 6. The fourth-order valence-electron chi connectivity index (χ4n) is 3.53. The zero-order chi connectivity index (χ0) is 23.2. The molecule has 0 atom stereocenters. The Morgan fingerprint density at radius 1 is 1.06 bits per heavy atom. The van der Waals surface area contributed by atoms with E-state index < -0.39 is 0 Å². The molecule has 0 radical (unpaired) electrons. The first-order valence-electron chi connectivity index (χ1n) is 10.5. The van der Waals surface area contributed by atoms with Gasteiger partial charge < -0.3 is 10.2 Å². The first-order valence-corrected chi connectivity index (χ1v) is 11.5. The summed E-state index contributed by atoms with van der Waals surface area (Å²) in [5.74, 6) is -0.273. The van der Waals surface area contributed by atoms with Gasteiger partial charge in [0, 0.05) is 31.9 Å². The summed E-state index contributed by atoms with van der Waals surface area (Å²) in [4.78, 5) is 28.7. The topological polar surface area (TPSA) is 96.2 Å². The number of aromatic nitrogens is 4. The van der Waals surface area contributed by atoms with Gasteiger partial charge in [0.25, 0.3) is 0 Å². The highest BCUT2D eigenvalue weighted by Gasteiger charge is 2.23. The third-order valence-corrected chi connectivity index (χ3v) is 6.23. The van der Waals surface area contributed by atoms with Gasteiger partial charge in [0.15, 0.2) is 0 Å². The van der Waals surface area contributed by atoms with E-state index in [1.807, 2.05) is 36.1 Å². The molecule has 4 rings (SSSR count). The first kappa shape index (κ1) is 22.9. The van der Waals surface area contributed by atoms with Gasteiger partial charge in [-0.3, -0.25) is 14.5 Å². The smallest absolute Gasteiger partial charge is 0.238 e. The Morgan fingerprint density at radius 3 is 2.52 bits per heavy atom. The van der Waals surface area contributed by atoms with Gasteiger partial charge in [0.05, 0.1) is 18.0 Å². The van der Waals surface area contributed by atoms with Crippen LogP contribution in [0.2, 0.25) is 0 Å². The summed E-state index contributed by atoms with van der Waals surface area (Å²) in [6, 6.07) is 13.4. The Bertz CT molecular complexity index is 1110. The number of anilines is 1. The Hall–Kier alpha value is -3.31. The Labute approximate surface area is 194 Å². The van der Waals surface area contributed by atoms with Crippen molar-refractivity contribution in [2.45, 2.75) is 12.1 Å². The molecule has 33 heavy (non-hydrogen) atoms. The van der Waals surface area contributed by atoms with Crippen molar-refractivity contribution >= 4 is 29.3 Å². The van der Waals surface area contributed by atoms with Crippen LogP contribution in [0.25, 0.3) is 5.69 Å². The van der Waals surface area contributed by atoms with E-state index in [1.165, 1.54) is 36.0 Å². The average Bonchev–Trinajstić information content (AvgIpc) is 3.28. The highest BCUT2D eigenvalue weighted by molar-refractivity contribution is 7.99. The molecule has 1 saturated heterocycles. The van der Waals surface area contributed by atoms with Crippen LogP contribution in [0.4, 0.5) is 10.1 Å². The van der Waals surface area contributed by atoms with Crippen molar-refractivity contribution in [3.05, 3.63) is 59.9 Å². The van der Waals surface area contributed by atoms with E-state index in [9.17, 15) is 14.0 Å². The lowest BCUT2D eigenvalue weighted by molar-refractivity contribution is -0.130. The van der Waals surface area contributed by atoms with Crippen molar-refractivity contribution in [2.24, 2.45) is 0 Å². The molecular formula is C22H24FN7O2S. The maximum absolute atomic E-state index is 13.0. The summed E-state index contributed by atoms with van der Waals surface area (Å²) < 4.78 is 14.6. The van der Waals surface area contributed by atoms with E-state index in [2.05, 4.69) is 20.8 Å². The molecule has 1 fully saturated rings. The van der Waals surface area contributed by atoms with Crippen molar-refractivity contribution in [3.8, 4) is 5.69 Å². The number of halogens is 1.